The van der Waals surface area contributed by atoms with Gasteiger partial charge in [-0.3, -0.25) is 0 Å². The predicted octanol–water partition coefficient (Wildman–Crippen LogP) is 7.56. The maximum Gasteiger partial charge on any atom is 0.144 e. The second kappa shape index (κ2) is 11.6. The van der Waals surface area contributed by atoms with Crippen LogP contribution in [0.4, 0.5) is 0 Å². The van der Waals surface area contributed by atoms with Gasteiger partial charge in [0, 0.05) is 5.92 Å². The van der Waals surface area contributed by atoms with Crippen molar-refractivity contribution in [3.63, 3.8) is 0 Å². The van der Waals surface area contributed by atoms with Crippen molar-refractivity contribution in [3.05, 3.63) is 150 Å². The average Bonchev–Trinajstić information content (AvgIpc) is 3.31. The molecule has 3 nitrogen and oxygen atoms in total. The molecule has 4 aromatic rings. The Labute approximate surface area is 220 Å². The first kappa shape index (κ1) is 25.0. The summed E-state index contributed by atoms with van der Waals surface area (Å²) in [5.74, 6) is 1.09. The zero-order valence-corrected chi connectivity index (χ0v) is 21.4. The van der Waals surface area contributed by atoms with Gasteiger partial charge in [-0.1, -0.05) is 115 Å². The van der Waals surface area contributed by atoms with E-state index in [9.17, 15) is 0 Å². The van der Waals surface area contributed by atoms with E-state index in [-0.39, 0.29) is 12.0 Å². The maximum atomic E-state index is 7.24. The van der Waals surface area contributed by atoms with E-state index in [2.05, 4.69) is 79.4 Å². The highest BCUT2D eigenvalue weighted by Crippen LogP contribution is 2.45. The first-order chi connectivity index (χ1) is 18.2. The van der Waals surface area contributed by atoms with Gasteiger partial charge in [0.2, 0.25) is 0 Å². The molecule has 2 atom stereocenters. The standard InChI is InChI=1S/C34H34O3/c1-26-22-33(23-28(26)25-36-24-27-12-6-3-7-13-27)37-34(29-14-8-4-9-15-29,30-16-10-5-11-17-30)31-18-20-32(35-2)21-19-31/h3-21,28,33H,1,22-25H2,2H3/t28-,33+/m1/s1. The molecule has 0 aliphatic heterocycles. The van der Waals surface area contributed by atoms with Crippen LogP contribution in [0.2, 0.25) is 0 Å². The van der Waals surface area contributed by atoms with Crippen molar-refractivity contribution in [3.8, 4) is 5.75 Å². The molecule has 3 heteroatoms. The summed E-state index contributed by atoms with van der Waals surface area (Å²) in [6, 6.07) is 39.6. The highest BCUT2D eigenvalue weighted by Gasteiger charge is 2.42. The lowest BCUT2D eigenvalue weighted by atomic mass is 9.79. The molecule has 1 aliphatic carbocycles. The van der Waals surface area contributed by atoms with Crippen molar-refractivity contribution in [1.82, 2.24) is 0 Å². The first-order valence-electron chi connectivity index (χ1n) is 12.9. The Hall–Kier alpha value is -3.66. The summed E-state index contributed by atoms with van der Waals surface area (Å²) in [5.41, 5.74) is 4.88. The van der Waals surface area contributed by atoms with Gasteiger partial charge in [0.05, 0.1) is 26.4 Å². The topological polar surface area (TPSA) is 27.7 Å². The molecular weight excluding hydrogens is 456 g/mol. The van der Waals surface area contributed by atoms with Crippen LogP contribution in [0.15, 0.2) is 127 Å². The molecular formula is C34H34O3. The van der Waals surface area contributed by atoms with E-state index in [1.165, 1.54) is 11.1 Å². The van der Waals surface area contributed by atoms with Crippen molar-refractivity contribution >= 4 is 0 Å². The van der Waals surface area contributed by atoms with Gasteiger partial charge in [0.15, 0.2) is 0 Å². The van der Waals surface area contributed by atoms with Gasteiger partial charge in [-0.05, 0) is 47.2 Å². The Kier molecular flexibility index (Phi) is 7.84. The Bertz CT molecular complexity index is 1230. The Morgan fingerprint density at radius 3 is 1.84 bits per heavy atom. The number of hydrogen-bond donors (Lipinski definition) is 0. The van der Waals surface area contributed by atoms with E-state index >= 15 is 0 Å². The highest BCUT2D eigenvalue weighted by molar-refractivity contribution is 5.48. The fourth-order valence-corrected chi connectivity index (χ4v) is 5.32. The van der Waals surface area contributed by atoms with Crippen molar-refractivity contribution in [2.45, 2.75) is 31.2 Å². The Morgan fingerprint density at radius 1 is 0.730 bits per heavy atom. The van der Waals surface area contributed by atoms with E-state index in [0.717, 1.165) is 35.3 Å². The van der Waals surface area contributed by atoms with E-state index in [0.29, 0.717) is 13.2 Å². The quantitative estimate of drug-likeness (QED) is 0.170. The largest absolute Gasteiger partial charge is 0.497 e. The maximum absolute atomic E-state index is 7.24. The van der Waals surface area contributed by atoms with E-state index in [1.54, 1.807) is 7.11 Å². The van der Waals surface area contributed by atoms with E-state index in [4.69, 9.17) is 14.2 Å². The van der Waals surface area contributed by atoms with Gasteiger partial charge in [0.25, 0.3) is 0 Å². The molecule has 0 spiro atoms. The first-order valence-corrected chi connectivity index (χ1v) is 12.9. The summed E-state index contributed by atoms with van der Waals surface area (Å²) < 4.78 is 18.8. The summed E-state index contributed by atoms with van der Waals surface area (Å²) >= 11 is 0. The molecule has 0 aromatic heterocycles. The van der Waals surface area contributed by atoms with Gasteiger partial charge in [0.1, 0.15) is 11.4 Å². The number of rotatable bonds is 10. The molecule has 0 bridgehead atoms. The second-order valence-electron chi connectivity index (χ2n) is 9.68. The van der Waals surface area contributed by atoms with E-state index < -0.39 is 5.60 Å². The lowest BCUT2D eigenvalue weighted by Crippen LogP contribution is -2.36. The molecule has 0 heterocycles. The minimum Gasteiger partial charge on any atom is -0.497 e. The van der Waals surface area contributed by atoms with Crippen molar-refractivity contribution in [1.29, 1.82) is 0 Å². The third-order valence-corrected chi connectivity index (χ3v) is 7.25. The lowest BCUT2D eigenvalue weighted by molar-refractivity contribution is -0.0468. The minimum atomic E-state index is -0.764. The molecule has 0 radical (unpaired) electrons. The predicted molar refractivity (Wildman–Crippen MR) is 149 cm³/mol. The van der Waals surface area contributed by atoms with Crippen LogP contribution in [0.3, 0.4) is 0 Å². The van der Waals surface area contributed by atoms with Gasteiger partial charge in [-0.25, -0.2) is 0 Å². The van der Waals surface area contributed by atoms with Crippen LogP contribution >= 0.6 is 0 Å². The molecule has 0 amide bonds. The molecule has 0 saturated heterocycles. The highest BCUT2D eigenvalue weighted by atomic mass is 16.5. The number of ether oxygens (including phenoxy) is 3. The smallest absolute Gasteiger partial charge is 0.144 e. The number of hydrogen-bond acceptors (Lipinski definition) is 3. The molecule has 37 heavy (non-hydrogen) atoms. The molecule has 5 rings (SSSR count). The fourth-order valence-electron chi connectivity index (χ4n) is 5.32. The fraction of sp³-hybridized carbons (Fsp3) is 0.235. The molecule has 1 aliphatic rings. The lowest BCUT2D eigenvalue weighted by Gasteiger charge is -2.38. The summed E-state index contributed by atoms with van der Waals surface area (Å²) in [6.07, 6.45) is 1.71. The van der Waals surface area contributed by atoms with Gasteiger partial charge < -0.3 is 14.2 Å². The summed E-state index contributed by atoms with van der Waals surface area (Å²) in [6.45, 7) is 5.67. The van der Waals surface area contributed by atoms with Crippen LogP contribution in [0.5, 0.6) is 5.75 Å². The minimum absolute atomic E-state index is 0.0142. The zero-order chi connectivity index (χ0) is 25.5. The second-order valence-corrected chi connectivity index (χ2v) is 9.68. The number of methoxy groups -OCH3 is 1. The van der Waals surface area contributed by atoms with Gasteiger partial charge in [-0.2, -0.15) is 0 Å². The normalized spacial score (nSPS) is 17.6. The summed E-state index contributed by atoms with van der Waals surface area (Å²) in [7, 11) is 1.69. The summed E-state index contributed by atoms with van der Waals surface area (Å²) in [4.78, 5) is 0. The van der Waals surface area contributed by atoms with Crippen LogP contribution in [0.25, 0.3) is 0 Å². The van der Waals surface area contributed by atoms with Crippen LogP contribution in [0.1, 0.15) is 35.1 Å². The Balaban J connectivity index is 1.44. The van der Waals surface area contributed by atoms with Crippen LogP contribution in [-0.2, 0) is 21.7 Å². The monoisotopic (exact) mass is 490 g/mol. The Morgan fingerprint density at radius 2 is 1.27 bits per heavy atom. The van der Waals surface area contributed by atoms with E-state index in [1.807, 2.05) is 42.5 Å². The van der Waals surface area contributed by atoms with Crippen LogP contribution in [0, 0.1) is 5.92 Å². The van der Waals surface area contributed by atoms with Crippen molar-refractivity contribution < 1.29 is 14.2 Å². The molecule has 1 saturated carbocycles. The zero-order valence-electron chi connectivity index (χ0n) is 21.4. The molecule has 4 aromatic carbocycles. The van der Waals surface area contributed by atoms with Crippen molar-refractivity contribution in [2.75, 3.05) is 13.7 Å². The third-order valence-electron chi connectivity index (χ3n) is 7.25. The molecule has 188 valence electrons. The van der Waals surface area contributed by atoms with Crippen molar-refractivity contribution in [2.24, 2.45) is 5.92 Å². The average molecular weight is 491 g/mol. The molecule has 0 unspecified atom stereocenters. The molecule has 1 fully saturated rings. The summed E-state index contributed by atoms with van der Waals surface area (Å²) in [5, 5.41) is 0. The van der Waals surface area contributed by atoms with Gasteiger partial charge >= 0.3 is 0 Å². The van der Waals surface area contributed by atoms with Crippen LogP contribution < -0.4 is 4.74 Å². The SMILES string of the molecule is C=C1C[C@H](OC(c2ccccc2)(c2ccccc2)c2ccc(OC)cc2)C[C@@H]1COCc1ccccc1. The van der Waals surface area contributed by atoms with Crippen LogP contribution in [-0.4, -0.2) is 19.8 Å². The number of benzene rings is 4. The van der Waals surface area contributed by atoms with Gasteiger partial charge in [-0.15, -0.1) is 0 Å². The molecule has 0 N–H and O–H groups in total. The third kappa shape index (κ3) is 5.53.